The summed E-state index contributed by atoms with van der Waals surface area (Å²) in [4.78, 5) is 2.25. The summed E-state index contributed by atoms with van der Waals surface area (Å²) < 4.78 is 5.52. The molecule has 0 spiro atoms. The number of rotatable bonds is 3. The van der Waals surface area contributed by atoms with Crippen LogP contribution in [0.3, 0.4) is 0 Å². The predicted octanol–water partition coefficient (Wildman–Crippen LogP) is 0.435. The van der Waals surface area contributed by atoms with E-state index in [2.05, 4.69) is 18.7 Å². The van der Waals surface area contributed by atoms with E-state index in [9.17, 15) is 0 Å². The number of ether oxygens (including phenoxy) is 1. The molecule has 0 aromatic heterocycles. The molecule has 3 nitrogen and oxygen atoms in total. The first-order chi connectivity index (χ1) is 5.24. The Morgan fingerprint density at radius 2 is 2.27 bits per heavy atom. The van der Waals surface area contributed by atoms with Crippen molar-refractivity contribution in [3.05, 3.63) is 0 Å². The highest BCUT2D eigenvalue weighted by atomic mass is 16.5. The molecule has 2 atom stereocenters. The van der Waals surface area contributed by atoms with Crippen LogP contribution >= 0.6 is 0 Å². The maximum absolute atomic E-state index is 8.61. The summed E-state index contributed by atoms with van der Waals surface area (Å²) in [6.45, 7) is 6.36. The predicted molar refractivity (Wildman–Crippen MR) is 43.3 cm³/mol. The first-order valence-corrected chi connectivity index (χ1v) is 4.24. The van der Waals surface area contributed by atoms with Gasteiger partial charge < -0.3 is 9.84 Å². The Kier molecular flexibility index (Phi) is 3.30. The topological polar surface area (TPSA) is 32.7 Å². The third-order valence-electron chi connectivity index (χ3n) is 2.04. The molecule has 66 valence electrons. The van der Waals surface area contributed by atoms with Gasteiger partial charge in [0.1, 0.15) is 6.23 Å². The van der Waals surface area contributed by atoms with Crippen LogP contribution in [0.1, 0.15) is 20.3 Å². The molecule has 0 saturated carbocycles. The lowest BCUT2D eigenvalue weighted by molar-refractivity contribution is 0.0187. The fourth-order valence-electron chi connectivity index (χ4n) is 1.49. The van der Waals surface area contributed by atoms with Gasteiger partial charge in [0.05, 0.1) is 6.10 Å². The van der Waals surface area contributed by atoms with Gasteiger partial charge in [-0.25, -0.2) is 0 Å². The Hall–Kier alpha value is -0.120. The van der Waals surface area contributed by atoms with Crippen LogP contribution in [0.5, 0.6) is 0 Å². The lowest BCUT2D eigenvalue weighted by atomic mass is 10.3. The molecule has 0 amide bonds. The van der Waals surface area contributed by atoms with E-state index >= 15 is 0 Å². The lowest BCUT2D eigenvalue weighted by Crippen LogP contribution is -2.29. The van der Waals surface area contributed by atoms with E-state index in [0.717, 1.165) is 19.5 Å². The lowest BCUT2D eigenvalue weighted by Gasteiger charge is -2.17. The zero-order valence-electron chi connectivity index (χ0n) is 7.29. The number of aliphatic hydroxyl groups excluding tert-OH is 1. The fourth-order valence-corrected chi connectivity index (χ4v) is 1.49. The smallest absolute Gasteiger partial charge is 0.108 e. The van der Waals surface area contributed by atoms with Crippen LogP contribution in [-0.4, -0.2) is 42.0 Å². The average Bonchev–Trinajstić information content (AvgIpc) is 2.26. The number of hydrogen-bond donors (Lipinski definition) is 1. The van der Waals surface area contributed by atoms with Gasteiger partial charge in [0.25, 0.3) is 0 Å². The summed E-state index contributed by atoms with van der Waals surface area (Å²) in [5, 5.41) is 8.61. The second-order valence-corrected chi connectivity index (χ2v) is 3.12. The van der Waals surface area contributed by atoms with Crippen molar-refractivity contribution in [2.75, 3.05) is 19.7 Å². The molecule has 0 aliphatic carbocycles. The van der Waals surface area contributed by atoms with Crippen LogP contribution in [0.25, 0.3) is 0 Å². The Morgan fingerprint density at radius 3 is 2.73 bits per heavy atom. The quantitative estimate of drug-likeness (QED) is 0.648. The van der Waals surface area contributed by atoms with Crippen LogP contribution in [0.15, 0.2) is 0 Å². The molecule has 0 aromatic carbocycles. The van der Waals surface area contributed by atoms with E-state index < -0.39 is 0 Å². The number of hydrogen-bond acceptors (Lipinski definition) is 3. The van der Waals surface area contributed by atoms with Crippen LogP contribution in [-0.2, 0) is 4.74 Å². The maximum atomic E-state index is 8.61. The standard InChI is InChI=1S/C8H17NO2/c1-7-6-9(4-3-5-10)8(2)11-7/h7-8,10H,3-6H2,1-2H3. The highest BCUT2D eigenvalue weighted by molar-refractivity contribution is 4.71. The molecule has 1 rings (SSSR count). The maximum Gasteiger partial charge on any atom is 0.108 e. The van der Waals surface area contributed by atoms with Crippen molar-refractivity contribution < 1.29 is 9.84 Å². The van der Waals surface area contributed by atoms with Crippen molar-refractivity contribution in [2.24, 2.45) is 0 Å². The molecule has 3 heteroatoms. The number of nitrogens with zero attached hydrogens (tertiary/aromatic N) is 1. The fraction of sp³-hybridized carbons (Fsp3) is 1.00. The molecule has 1 heterocycles. The van der Waals surface area contributed by atoms with Gasteiger partial charge in [-0.3, -0.25) is 4.90 Å². The van der Waals surface area contributed by atoms with Crippen molar-refractivity contribution in [1.82, 2.24) is 4.90 Å². The zero-order chi connectivity index (χ0) is 8.27. The van der Waals surface area contributed by atoms with Crippen LogP contribution in [0, 0.1) is 0 Å². The summed E-state index contributed by atoms with van der Waals surface area (Å²) >= 11 is 0. The SMILES string of the molecule is CC1CN(CCCO)C(C)O1. The second kappa shape index (κ2) is 4.04. The van der Waals surface area contributed by atoms with Gasteiger partial charge >= 0.3 is 0 Å². The van der Waals surface area contributed by atoms with Gasteiger partial charge in [-0.2, -0.15) is 0 Å². The molecule has 1 aliphatic heterocycles. The minimum Gasteiger partial charge on any atom is -0.396 e. The third-order valence-corrected chi connectivity index (χ3v) is 2.04. The monoisotopic (exact) mass is 159 g/mol. The van der Waals surface area contributed by atoms with Crippen molar-refractivity contribution >= 4 is 0 Å². The van der Waals surface area contributed by atoms with Gasteiger partial charge in [0, 0.05) is 19.7 Å². The molecule has 1 saturated heterocycles. The highest BCUT2D eigenvalue weighted by Crippen LogP contribution is 2.14. The van der Waals surface area contributed by atoms with E-state index in [-0.39, 0.29) is 12.8 Å². The summed E-state index contributed by atoms with van der Waals surface area (Å²) in [6.07, 6.45) is 1.43. The normalized spacial score (nSPS) is 33.0. The molecular weight excluding hydrogens is 142 g/mol. The summed E-state index contributed by atoms with van der Waals surface area (Å²) in [6, 6.07) is 0. The van der Waals surface area contributed by atoms with Crippen LogP contribution in [0.2, 0.25) is 0 Å². The largest absolute Gasteiger partial charge is 0.396 e. The van der Waals surface area contributed by atoms with Gasteiger partial charge in [-0.1, -0.05) is 0 Å². The third kappa shape index (κ3) is 2.43. The molecule has 0 aromatic rings. The Bertz CT molecular complexity index is 119. The first-order valence-electron chi connectivity index (χ1n) is 4.24. The molecule has 0 radical (unpaired) electrons. The van der Waals surface area contributed by atoms with E-state index in [0.29, 0.717) is 6.10 Å². The van der Waals surface area contributed by atoms with Crippen molar-refractivity contribution in [2.45, 2.75) is 32.6 Å². The molecule has 1 N–H and O–H groups in total. The minimum atomic E-state index is 0.233. The number of aliphatic hydroxyl groups is 1. The van der Waals surface area contributed by atoms with Gasteiger partial charge in [0.15, 0.2) is 0 Å². The van der Waals surface area contributed by atoms with Gasteiger partial charge in [0.2, 0.25) is 0 Å². The molecular formula is C8H17NO2. The van der Waals surface area contributed by atoms with Gasteiger partial charge in [-0.05, 0) is 20.3 Å². The van der Waals surface area contributed by atoms with Gasteiger partial charge in [-0.15, -0.1) is 0 Å². The molecule has 1 aliphatic rings. The van der Waals surface area contributed by atoms with Crippen molar-refractivity contribution in [3.63, 3.8) is 0 Å². The minimum absolute atomic E-state index is 0.233. The summed E-state index contributed by atoms with van der Waals surface area (Å²) in [7, 11) is 0. The van der Waals surface area contributed by atoms with Crippen molar-refractivity contribution in [3.8, 4) is 0 Å². The molecule has 11 heavy (non-hydrogen) atoms. The first kappa shape index (κ1) is 8.97. The average molecular weight is 159 g/mol. The van der Waals surface area contributed by atoms with E-state index in [1.807, 2.05) is 0 Å². The van der Waals surface area contributed by atoms with Crippen molar-refractivity contribution in [1.29, 1.82) is 0 Å². The zero-order valence-corrected chi connectivity index (χ0v) is 7.29. The Labute approximate surface area is 68.0 Å². The summed E-state index contributed by atoms with van der Waals surface area (Å²) in [5.74, 6) is 0. The molecule has 1 fully saturated rings. The van der Waals surface area contributed by atoms with Crippen LogP contribution in [0.4, 0.5) is 0 Å². The molecule has 0 bridgehead atoms. The summed E-state index contributed by atoms with van der Waals surface area (Å²) in [5.41, 5.74) is 0. The molecule has 2 unspecified atom stereocenters. The van der Waals surface area contributed by atoms with E-state index in [4.69, 9.17) is 9.84 Å². The highest BCUT2D eigenvalue weighted by Gasteiger charge is 2.25. The van der Waals surface area contributed by atoms with E-state index in [1.54, 1.807) is 0 Å². The second-order valence-electron chi connectivity index (χ2n) is 3.12. The Morgan fingerprint density at radius 1 is 1.55 bits per heavy atom. The van der Waals surface area contributed by atoms with Crippen LogP contribution < -0.4 is 0 Å². The Balaban J connectivity index is 2.23. The van der Waals surface area contributed by atoms with E-state index in [1.165, 1.54) is 0 Å².